The summed E-state index contributed by atoms with van der Waals surface area (Å²) in [5.41, 5.74) is 3.57. The summed E-state index contributed by atoms with van der Waals surface area (Å²) in [6.45, 7) is 7.06. The summed E-state index contributed by atoms with van der Waals surface area (Å²) in [6.07, 6.45) is 2.65. The molecule has 23 heavy (non-hydrogen) atoms. The molecule has 0 aliphatic carbocycles. The highest BCUT2D eigenvalue weighted by atomic mass is 16.5. The lowest BCUT2D eigenvalue weighted by Crippen LogP contribution is -2.13. The average Bonchev–Trinajstić information content (AvgIpc) is 3.10. The molecule has 1 N–H and O–H groups in total. The van der Waals surface area contributed by atoms with E-state index in [0.717, 1.165) is 36.9 Å². The van der Waals surface area contributed by atoms with Gasteiger partial charge in [-0.05, 0) is 43.5 Å². The lowest BCUT2D eigenvalue weighted by atomic mass is 10.1. The molecule has 1 atom stereocenters. The number of anilines is 1. The van der Waals surface area contributed by atoms with Crippen LogP contribution in [0, 0.1) is 13.8 Å². The van der Waals surface area contributed by atoms with Crippen molar-refractivity contribution in [2.24, 2.45) is 0 Å². The van der Waals surface area contributed by atoms with Gasteiger partial charge < -0.3 is 14.8 Å². The predicted molar refractivity (Wildman–Crippen MR) is 90.1 cm³/mol. The first-order chi connectivity index (χ1) is 11.2. The van der Waals surface area contributed by atoms with E-state index in [4.69, 9.17) is 9.47 Å². The average molecular weight is 313 g/mol. The Morgan fingerprint density at radius 2 is 2.13 bits per heavy atom. The maximum absolute atomic E-state index is 5.77. The minimum atomic E-state index is 0.394. The van der Waals surface area contributed by atoms with Crippen LogP contribution in [0.15, 0.2) is 30.6 Å². The van der Waals surface area contributed by atoms with Crippen LogP contribution in [0.25, 0.3) is 0 Å². The summed E-state index contributed by atoms with van der Waals surface area (Å²) in [5.74, 6) is 2.14. The number of nitrogens with zero attached hydrogens (tertiary/aromatic N) is 2. The van der Waals surface area contributed by atoms with Gasteiger partial charge >= 0.3 is 0 Å². The van der Waals surface area contributed by atoms with Gasteiger partial charge in [0.15, 0.2) is 0 Å². The Kier molecular flexibility index (Phi) is 5.08. The van der Waals surface area contributed by atoms with E-state index in [2.05, 4.69) is 41.3 Å². The van der Waals surface area contributed by atoms with Gasteiger partial charge in [-0.3, -0.25) is 0 Å². The molecule has 0 radical (unpaired) electrons. The third-order valence-electron chi connectivity index (χ3n) is 4.19. The molecule has 0 amide bonds. The lowest BCUT2D eigenvalue weighted by Gasteiger charge is -2.11. The molecular weight excluding hydrogens is 290 g/mol. The second kappa shape index (κ2) is 7.42. The zero-order valence-corrected chi connectivity index (χ0v) is 13.7. The van der Waals surface area contributed by atoms with Crippen LogP contribution < -0.4 is 10.1 Å². The van der Waals surface area contributed by atoms with Crippen LogP contribution in [0.1, 0.15) is 29.2 Å². The topological polar surface area (TPSA) is 56.3 Å². The molecule has 1 aromatic carbocycles. The van der Waals surface area contributed by atoms with Gasteiger partial charge in [-0.15, -0.1) is 0 Å². The molecule has 0 saturated carbocycles. The Morgan fingerprint density at radius 1 is 1.22 bits per heavy atom. The van der Waals surface area contributed by atoms with Crippen LogP contribution >= 0.6 is 0 Å². The molecule has 5 nitrogen and oxygen atoms in total. The highest BCUT2D eigenvalue weighted by molar-refractivity contribution is 5.36. The van der Waals surface area contributed by atoms with Gasteiger partial charge in [0.25, 0.3) is 0 Å². The number of nitrogens with one attached hydrogen (secondary N) is 1. The first kappa shape index (κ1) is 15.7. The fourth-order valence-electron chi connectivity index (χ4n) is 2.61. The van der Waals surface area contributed by atoms with Crippen molar-refractivity contribution in [3.63, 3.8) is 0 Å². The first-order valence-electron chi connectivity index (χ1n) is 8.06. The Balaban J connectivity index is 1.48. The van der Waals surface area contributed by atoms with Crippen LogP contribution in [0.4, 0.5) is 5.82 Å². The van der Waals surface area contributed by atoms with Crippen molar-refractivity contribution in [3.05, 3.63) is 47.4 Å². The van der Waals surface area contributed by atoms with Crippen molar-refractivity contribution < 1.29 is 9.47 Å². The second-order valence-electron chi connectivity index (χ2n) is 5.91. The van der Waals surface area contributed by atoms with Crippen LogP contribution in [-0.2, 0) is 4.74 Å². The highest BCUT2D eigenvalue weighted by Crippen LogP contribution is 2.24. The van der Waals surface area contributed by atoms with E-state index in [0.29, 0.717) is 19.1 Å². The molecule has 122 valence electrons. The number of hydrogen-bond donors (Lipinski definition) is 1. The molecule has 0 bridgehead atoms. The molecule has 1 aliphatic rings. The molecule has 1 saturated heterocycles. The summed E-state index contributed by atoms with van der Waals surface area (Å²) in [7, 11) is 0. The fraction of sp³-hybridized carbons (Fsp3) is 0.444. The molecule has 1 aliphatic heterocycles. The van der Waals surface area contributed by atoms with Gasteiger partial charge in [-0.1, -0.05) is 6.07 Å². The van der Waals surface area contributed by atoms with Crippen LogP contribution in [0.5, 0.6) is 5.75 Å². The van der Waals surface area contributed by atoms with E-state index in [9.17, 15) is 0 Å². The van der Waals surface area contributed by atoms with E-state index in [1.54, 1.807) is 6.33 Å². The van der Waals surface area contributed by atoms with Crippen LogP contribution in [-0.4, -0.2) is 36.3 Å². The Labute approximate surface area is 137 Å². The monoisotopic (exact) mass is 313 g/mol. The molecular formula is C18H23N3O2. The smallest absolute Gasteiger partial charge is 0.129 e. The van der Waals surface area contributed by atoms with E-state index < -0.39 is 0 Å². The lowest BCUT2D eigenvalue weighted by molar-refractivity contribution is 0.193. The van der Waals surface area contributed by atoms with Crippen molar-refractivity contribution in [2.45, 2.75) is 26.2 Å². The van der Waals surface area contributed by atoms with E-state index in [1.807, 2.05) is 12.1 Å². The van der Waals surface area contributed by atoms with Crippen molar-refractivity contribution in [1.82, 2.24) is 9.97 Å². The van der Waals surface area contributed by atoms with Gasteiger partial charge in [0.1, 0.15) is 24.5 Å². The summed E-state index contributed by atoms with van der Waals surface area (Å²) in [4.78, 5) is 8.62. The SMILES string of the molecule is Cc1ccc(OCCNc2cc(C3CCOC3)ncn2)cc1C. The number of benzene rings is 1. The van der Waals surface area contributed by atoms with Crippen LogP contribution in [0.2, 0.25) is 0 Å². The third kappa shape index (κ3) is 4.20. The molecule has 1 fully saturated rings. The minimum Gasteiger partial charge on any atom is -0.492 e. The quantitative estimate of drug-likeness (QED) is 0.831. The maximum Gasteiger partial charge on any atom is 0.129 e. The summed E-state index contributed by atoms with van der Waals surface area (Å²) in [6, 6.07) is 8.16. The number of rotatable bonds is 6. The van der Waals surface area contributed by atoms with E-state index >= 15 is 0 Å². The fourth-order valence-corrected chi connectivity index (χ4v) is 2.61. The molecule has 5 heteroatoms. The van der Waals surface area contributed by atoms with Crippen molar-refractivity contribution in [1.29, 1.82) is 0 Å². The van der Waals surface area contributed by atoms with Crippen molar-refractivity contribution >= 4 is 5.82 Å². The molecule has 1 aromatic heterocycles. The van der Waals surface area contributed by atoms with Gasteiger partial charge in [0, 0.05) is 18.6 Å². The number of aryl methyl sites for hydroxylation is 2. The zero-order chi connectivity index (χ0) is 16.1. The first-order valence-corrected chi connectivity index (χ1v) is 8.06. The van der Waals surface area contributed by atoms with Gasteiger partial charge in [-0.25, -0.2) is 9.97 Å². The zero-order valence-electron chi connectivity index (χ0n) is 13.7. The maximum atomic E-state index is 5.77. The Bertz CT molecular complexity index is 654. The van der Waals surface area contributed by atoms with E-state index in [-0.39, 0.29) is 0 Å². The summed E-state index contributed by atoms with van der Waals surface area (Å²) < 4.78 is 11.2. The standard InChI is InChI=1S/C18H23N3O2/c1-13-3-4-16(9-14(13)2)23-8-6-19-18-10-17(20-12-21-18)15-5-7-22-11-15/h3-4,9-10,12,15H,5-8,11H2,1-2H3,(H,19,20,21). The Morgan fingerprint density at radius 3 is 2.91 bits per heavy atom. The molecule has 2 aromatic rings. The molecule has 3 rings (SSSR count). The normalized spacial score (nSPS) is 17.2. The molecule has 0 spiro atoms. The number of ether oxygens (including phenoxy) is 2. The van der Waals surface area contributed by atoms with Crippen molar-refractivity contribution in [3.8, 4) is 5.75 Å². The summed E-state index contributed by atoms with van der Waals surface area (Å²) >= 11 is 0. The predicted octanol–water partition coefficient (Wildman–Crippen LogP) is 3.09. The number of aromatic nitrogens is 2. The molecule has 2 heterocycles. The van der Waals surface area contributed by atoms with Gasteiger partial charge in [0.2, 0.25) is 0 Å². The third-order valence-corrected chi connectivity index (χ3v) is 4.19. The Hall–Kier alpha value is -2.14. The van der Waals surface area contributed by atoms with Gasteiger partial charge in [0.05, 0.1) is 18.8 Å². The van der Waals surface area contributed by atoms with E-state index in [1.165, 1.54) is 11.1 Å². The number of hydrogen-bond acceptors (Lipinski definition) is 5. The second-order valence-corrected chi connectivity index (χ2v) is 5.91. The van der Waals surface area contributed by atoms with Crippen LogP contribution in [0.3, 0.4) is 0 Å². The highest BCUT2D eigenvalue weighted by Gasteiger charge is 2.19. The summed E-state index contributed by atoms with van der Waals surface area (Å²) in [5, 5.41) is 3.29. The van der Waals surface area contributed by atoms with Crippen molar-refractivity contribution in [2.75, 3.05) is 31.7 Å². The van der Waals surface area contributed by atoms with Gasteiger partial charge in [-0.2, -0.15) is 0 Å². The minimum absolute atomic E-state index is 0.394. The largest absolute Gasteiger partial charge is 0.492 e. The molecule has 1 unspecified atom stereocenters.